The molecule has 100 valence electrons. The van der Waals surface area contributed by atoms with Gasteiger partial charge in [0.05, 0.1) is 16.4 Å². The first-order valence-corrected chi connectivity index (χ1v) is 8.50. The Balaban J connectivity index is 3.17. The van der Waals surface area contributed by atoms with E-state index in [-0.39, 0.29) is 0 Å². The van der Waals surface area contributed by atoms with E-state index < -0.39 is 45.9 Å². The molecule has 11 heteroatoms. The third-order valence-corrected chi connectivity index (χ3v) is 5.06. The molecule has 0 aliphatic carbocycles. The minimum absolute atomic E-state index is 0.581. The molecule has 0 radical (unpaired) electrons. The average molecular weight is 315 g/mol. The van der Waals surface area contributed by atoms with Crippen LogP contribution >= 0.6 is 10.7 Å². The van der Waals surface area contributed by atoms with Crippen molar-refractivity contribution >= 4 is 35.3 Å². The van der Waals surface area contributed by atoms with E-state index in [1.165, 1.54) is 0 Å². The van der Waals surface area contributed by atoms with Crippen LogP contribution in [0.25, 0.3) is 0 Å². The van der Waals surface area contributed by atoms with Gasteiger partial charge < -0.3 is 0 Å². The Bertz CT molecular complexity index is 669. The Morgan fingerprint density at radius 3 is 2.39 bits per heavy atom. The highest BCUT2D eigenvalue weighted by Gasteiger charge is 2.27. The Kier molecular flexibility index (Phi) is 4.24. The van der Waals surface area contributed by atoms with Crippen molar-refractivity contribution in [3.05, 3.63) is 28.6 Å². The zero-order chi connectivity index (χ0) is 14.0. The molecule has 0 aromatic carbocycles. The average Bonchev–Trinajstić information content (AvgIpc) is 2.26. The molecule has 0 spiro atoms. The monoisotopic (exact) mass is 314 g/mol. The molecule has 0 unspecified atom stereocenters. The van der Waals surface area contributed by atoms with Crippen molar-refractivity contribution in [2.24, 2.45) is 0 Å². The Labute approximate surface area is 107 Å². The number of halogens is 1. The van der Waals surface area contributed by atoms with Gasteiger partial charge in [0, 0.05) is 16.9 Å². The van der Waals surface area contributed by atoms with Crippen molar-refractivity contribution in [3.63, 3.8) is 0 Å². The van der Waals surface area contributed by atoms with Gasteiger partial charge >= 0.3 is 5.69 Å². The van der Waals surface area contributed by atoms with Crippen LogP contribution in [0.15, 0.2) is 23.4 Å². The Morgan fingerprint density at radius 2 is 1.89 bits per heavy atom. The first-order valence-electron chi connectivity index (χ1n) is 4.37. The summed E-state index contributed by atoms with van der Waals surface area (Å²) in [6, 6.07) is 0.939. The highest BCUT2D eigenvalue weighted by atomic mass is 35.7. The van der Waals surface area contributed by atoms with Crippen LogP contribution in [0.5, 0.6) is 0 Å². The Morgan fingerprint density at radius 1 is 1.28 bits per heavy atom. The fourth-order valence-electron chi connectivity index (χ4n) is 1.09. The Hall–Kier alpha value is -1.26. The molecule has 0 aliphatic rings. The molecular weight excluding hydrogens is 308 g/mol. The van der Waals surface area contributed by atoms with Gasteiger partial charge in [-0.1, -0.05) is 0 Å². The fourth-order valence-corrected chi connectivity index (χ4v) is 4.27. The van der Waals surface area contributed by atoms with E-state index in [9.17, 15) is 26.9 Å². The maximum absolute atomic E-state index is 11.7. The number of aromatic nitrogens is 1. The number of sulfone groups is 1. The fraction of sp³-hybridized carbons (Fsp3) is 0.286. The maximum atomic E-state index is 11.7. The molecular formula is C7H7ClN2O6S2. The normalized spacial score (nSPS) is 12.3. The summed E-state index contributed by atoms with van der Waals surface area (Å²) in [5, 5.41) is 10.6. The second-order valence-corrected chi connectivity index (χ2v) is 8.14. The quantitative estimate of drug-likeness (QED) is 0.435. The number of nitro groups is 1. The van der Waals surface area contributed by atoms with Crippen molar-refractivity contribution in [2.45, 2.75) is 4.90 Å². The zero-order valence-electron chi connectivity index (χ0n) is 8.68. The second kappa shape index (κ2) is 5.16. The van der Waals surface area contributed by atoms with Crippen molar-refractivity contribution in [2.75, 3.05) is 11.5 Å². The molecule has 1 aromatic rings. The van der Waals surface area contributed by atoms with E-state index in [4.69, 9.17) is 10.7 Å². The van der Waals surface area contributed by atoms with Gasteiger partial charge in [-0.25, -0.2) is 16.8 Å². The van der Waals surface area contributed by atoms with Gasteiger partial charge in [0.2, 0.25) is 9.05 Å². The minimum atomic E-state index is -4.11. The highest BCUT2D eigenvalue weighted by molar-refractivity contribution is 8.14. The third kappa shape index (κ3) is 3.89. The topological polar surface area (TPSA) is 124 Å². The number of hydrogen-bond acceptors (Lipinski definition) is 7. The lowest BCUT2D eigenvalue weighted by molar-refractivity contribution is -0.388. The molecule has 0 saturated heterocycles. The molecule has 0 aliphatic heterocycles. The van der Waals surface area contributed by atoms with Gasteiger partial charge in [0.15, 0.2) is 9.84 Å². The summed E-state index contributed by atoms with van der Waals surface area (Å²) in [6.07, 6.45) is 1.84. The molecule has 0 atom stereocenters. The molecule has 8 nitrogen and oxygen atoms in total. The van der Waals surface area contributed by atoms with Crippen LogP contribution in [0.4, 0.5) is 5.69 Å². The molecule has 0 bridgehead atoms. The summed E-state index contributed by atoms with van der Waals surface area (Å²) in [5.74, 6) is -1.65. The van der Waals surface area contributed by atoms with Gasteiger partial charge in [0.25, 0.3) is 0 Å². The van der Waals surface area contributed by atoms with Gasteiger partial charge in [0.1, 0.15) is 11.1 Å². The molecule has 0 amide bonds. The van der Waals surface area contributed by atoms with E-state index in [1.54, 1.807) is 0 Å². The third-order valence-electron chi connectivity index (χ3n) is 1.89. The highest BCUT2D eigenvalue weighted by Crippen LogP contribution is 2.23. The van der Waals surface area contributed by atoms with Crippen LogP contribution in [0, 0.1) is 10.1 Å². The maximum Gasteiger partial charge on any atom is 0.306 e. The molecule has 0 fully saturated rings. The van der Waals surface area contributed by atoms with Crippen molar-refractivity contribution in [3.8, 4) is 0 Å². The number of hydrogen-bond donors (Lipinski definition) is 0. The van der Waals surface area contributed by atoms with E-state index >= 15 is 0 Å². The van der Waals surface area contributed by atoms with Crippen LogP contribution in [-0.4, -0.2) is 38.2 Å². The summed E-state index contributed by atoms with van der Waals surface area (Å²) in [5.41, 5.74) is -0.704. The van der Waals surface area contributed by atoms with Crippen LogP contribution in [-0.2, 0) is 18.9 Å². The summed E-state index contributed by atoms with van der Waals surface area (Å²) in [7, 11) is -3.21. The van der Waals surface area contributed by atoms with Crippen molar-refractivity contribution in [1.29, 1.82) is 0 Å². The first-order chi connectivity index (χ1) is 8.13. The van der Waals surface area contributed by atoms with Crippen LogP contribution in [0.2, 0.25) is 0 Å². The molecule has 0 N–H and O–H groups in total. The largest absolute Gasteiger partial charge is 0.306 e. The van der Waals surface area contributed by atoms with Crippen molar-refractivity contribution < 1.29 is 21.8 Å². The smallest absolute Gasteiger partial charge is 0.258 e. The minimum Gasteiger partial charge on any atom is -0.258 e. The summed E-state index contributed by atoms with van der Waals surface area (Å²) in [6.45, 7) is 0. The molecule has 0 saturated carbocycles. The van der Waals surface area contributed by atoms with Gasteiger partial charge in [-0.2, -0.15) is 0 Å². The molecule has 1 rings (SSSR count). The summed E-state index contributed by atoms with van der Waals surface area (Å²) in [4.78, 5) is 12.6. The predicted octanol–water partition coefficient (Wildman–Crippen LogP) is 0.332. The second-order valence-electron chi connectivity index (χ2n) is 3.16. The zero-order valence-corrected chi connectivity index (χ0v) is 11.1. The van der Waals surface area contributed by atoms with Gasteiger partial charge in [-0.15, -0.1) is 0 Å². The number of pyridine rings is 1. The van der Waals surface area contributed by atoms with E-state index in [1.807, 2.05) is 0 Å². The SMILES string of the molecule is O=[N+]([O-])c1cnccc1S(=O)(=O)CCS(=O)(=O)Cl. The molecule has 1 aromatic heterocycles. The first kappa shape index (κ1) is 14.8. The van der Waals surface area contributed by atoms with E-state index in [0.717, 1.165) is 18.5 Å². The summed E-state index contributed by atoms with van der Waals surface area (Å²) < 4.78 is 44.9. The number of rotatable bonds is 5. The lowest BCUT2D eigenvalue weighted by atomic mass is 10.4. The van der Waals surface area contributed by atoms with Gasteiger partial charge in [-0.3, -0.25) is 15.1 Å². The van der Waals surface area contributed by atoms with Crippen LogP contribution < -0.4 is 0 Å². The van der Waals surface area contributed by atoms with Crippen LogP contribution in [0.1, 0.15) is 0 Å². The van der Waals surface area contributed by atoms with E-state index in [0.29, 0.717) is 0 Å². The lowest BCUT2D eigenvalue weighted by Gasteiger charge is -2.03. The van der Waals surface area contributed by atoms with Gasteiger partial charge in [-0.05, 0) is 6.07 Å². The van der Waals surface area contributed by atoms with E-state index in [2.05, 4.69) is 4.98 Å². The molecule has 1 heterocycles. The lowest BCUT2D eigenvalue weighted by Crippen LogP contribution is -2.15. The van der Waals surface area contributed by atoms with Crippen molar-refractivity contribution in [1.82, 2.24) is 4.98 Å². The predicted molar refractivity (Wildman–Crippen MR) is 62.6 cm³/mol. The molecule has 18 heavy (non-hydrogen) atoms. The standard InChI is InChI=1S/C7H7ClN2O6S2/c8-18(15,16)4-3-17(13,14)7-1-2-9-5-6(7)10(11)12/h1-2,5H,3-4H2. The number of nitrogens with zero attached hydrogens (tertiary/aromatic N) is 2. The van der Waals surface area contributed by atoms with Crippen LogP contribution in [0.3, 0.4) is 0 Å². The summed E-state index contributed by atoms with van der Waals surface area (Å²) >= 11 is 0.